The number of hydrogen-bond donors (Lipinski definition) is 1. The molecule has 0 saturated carbocycles. The maximum absolute atomic E-state index is 3.75. The van der Waals surface area contributed by atoms with Crippen LogP contribution in [0.1, 0.15) is 26.2 Å². The first-order chi connectivity index (χ1) is 6.38. The SMILES string of the molecule is C=CCCCN(CCC)C1CNC1. The summed E-state index contributed by atoms with van der Waals surface area (Å²) < 4.78 is 0. The summed E-state index contributed by atoms with van der Waals surface area (Å²) >= 11 is 0. The van der Waals surface area contributed by atoms with Crippen molar-refractivity contribution in [2.24, 2.45) is 0 Å². The smallest absolute Gasteiger partial charge is 0.0345 e. The van der Waals surface area contributed by atoms with E-state index in [1.807, 2.05) is 6.08 Å². The van der Waals surface area contributed by atoms with Crippen LogP contribution in [0.3, 0.4) is 0 Å². The van der Waals surface area contributed by atoms with E-state index in [0.29, 0.717) is 0 Å². The van der Waals surface area contributed by atoms with E-state index in [9.17, 15) is 0 Å². The number of nitrogens with one attached hydrogen (secondary N) is 1. The van der Waals surface area contributed by atoms with Gasteiger partial charge in [-0.15, -0.1) is 6.58 Å². The Morgan fingerprint density at radius 2 is 2.23 bits per heavy atom. The van der Waals surface area contributed by atoms with Gasteiger partial charge in [0.1, 0.15) is 0 Å². The lowest BCUT2D eigenvalue weighted by Crippen LogP contribution is -2.57. The highest BCUT2D eigenvalue weighted by Gasteiger charge is 2.22. The van der Waals surface area contributed by atoms with Gasteiger partial charge in [-0.05, 0) is 32.4 Å². The van der Waals surface area contributed by atoms with Crippen molar-refractivity contribution in [3.8, 4) is 0 Å². The Bertz CT molecular complexity index is 141. The van der Waals surface area contributed by atoms with Crippen LogP contribution in [0.5, 0.6) is 0 Å². The average Bonchev–Trinajstić information content (AvgIpc) is 2.02. The molecule has 1 aliphatic heterocycles. The Labute approximate surface area is 82.0 Å². The molecule has 0 aliphatic carbocycles. The second-order valence-corrected chi connectivity index (χ2v) is 3.78. The van der Waals surface area contributed by atoms with Crippen LogP contribution in [0.4, 0.5) is 0 Å². The second-order valence-electron chi connectivity index (χ2n) is 3.78. The molecule has 2 heteroatoms. The van der Waals surface area contributed by atoms with E-state index < -0.39 is 0 Å². The molecule has 0 bridgehead atoms. The van der Waals surface area contributed by atoms with Gasteiger partial charge in [0.2, 0.25) is 0 Å². The van der Waals surface area contributed by atoms with Gasteiger partial charge >= 0.3 is 0 Å². The third kappa shape index (κ3) is 3.49. The first-order valence-corrected chi connectivity index (χ1v) is 5.44. The van der Waals surface area contributed by atoms with Crippen molar-refractivity contribution in [1.82, 2.24) is 10.2 Å². The molecule has 0 aromatic carbocycles. The zero-order valence-corrected chi connectivity index (χ0v) is 8.76. The van der Waals surface area contributed by atoms with Gasteiger partial charge in [-0.1, -0.05) is 13.0 Å². The number of nitrogens with zero attached hydrogens (tertiary/aromatic N) is 1. The van der Waals surface area contributed by atoms with Gasteiger partial charge in [0, 0.05) is 19.1 Å². The summed E-state index contributed by atoms with van der Waals surface area (Å²) in [6.45, 7) is 10.9. The molecule has 0 aromatic heterocycles. The van der Waals surface area contributed by atoms with Crippen molar-refractivity contribution in [3.05, 3.63) is 12.7 Å². The lowest BCUT2D eigenvalue weighted by molar-refractivity contribution is 0.144. The third-order valence-electron chi connectivity index (χ3n) is 2.64. The molecule has 0 aromatic rings. The summed E-state index contributed by atoms with van der Waals surface area (Å²) in [7, 11) is 0. The predicted octanol–water partition coefficient (Wildman–Crippen LogP) is 1.64. The second kappa shape index (κ2) is 6.17. The maximum atomic E-state index is 3.75. The van der Waals surface area contributed by atoms with Crippen molar-refractivity contribution >= 4 is 0 Å². The third-order valence-corrected chi connectivity index (χ3v) is 2.64. The van der Waals surface area contributed by atoms with Crippen molar-refractivity contribution < 1.29 is 0 Å². The monoisotopic (exact) mass is 182 g/mol. The summed E-state index contributed by atoms with van der Waals surface area (Å²) in [4.78, 5) is 2.61. The van der Waals surface area contributed by atoms with Crippen LogP contribution in [0.25, 0.3) is 0 Å². The van der Waals surface area contributed by atoms with Gasteiger partial charge in [-0.2, -0.15) is 0 Å². The minimum Gasteiger partial charge on any atom is -0.314 e. The molecule has 1 fully saturated rings. The highest BCUT2D eigenvalue weighted by molar-refractivity contribution is 4.84. The molecule has 1 saturated heterocycles. The number of allylic oxidation sites excluding steroid dienone is 1. The molecule has 76 valence electrons. The van der Waals surface area contributed by atoms with Gasteiger partial charge in [0.05, 0.1) is 0 Å². The Morgan fingerprint density at radius 3 is 2.69 bits per heavy atom. The quantitative estimate of drug-likeness (QED) is 0.475. The molecule has 1 aliphatic rings. The molecular weight excluding hydrogens is 160 g/mol. The molecule has 1 rings (SSSR count). The van der Waals surface area contributed by atoms with Crippen LogP contribution < -0.4 is 5.32 Å². The highest BCUT2D eigenvalue weighted by Crippen LogP contribution is 2.07. The van der Waals surface area contributed by atoms with Gasteiger partial charge in [-0.25, -0.2) is 0 Å². The molecule has 13 heavy (non-hydrogen) atoms. The summed E-state index contributed by atoms with van der Waals surface area (Å²) in [6.07, 6.45) is 5.70. The van der Waals surface area contributed by atoms with Crippen molar-refractivity contribution in [2.75, 3.05) is 26.2 Å². The first kappa shape index (κ1) is 10.7. The summed E-state index contributed by atoms with van der Waals surface area (Å²) in [5.41, 5.74) is 0. The van der Waals surface area contributed by atoms with E-state index in [-0.39, 0.29) is 0 Å². The summed E-state index contributed by atoms with van der Waals surface area (Å²) in [6, 6.07) is 0.810. The van der Waals surface area contributed by atoms with E-state index in [2.05, 4.69) is 23.7 Å². The lowest BCUT2D eigenvalue weighted by atomic mass is 10.1. The fraction of sp³-hybridized carbons (Fsp3) is 0.818. The Balaban J connectivity index is 2.16. The normalized spacial score (nSPS) is 17.4. The summed E-state index contributed by atoms with van der Waals surface area (Å²) in [5.74, 6) is 0. The lowest BCUT2D eigenvalue weighted by Gasteiger charge is -2.38. The Hall–Kier alpha value is -0.340. The van der Waals surface area contributed by atoms with Gasteiger partial charge in [0.15, 0.2) is 0 Å². The van der Waals surface area contributed by atoms with E-state index in [0.717, 1.165) is 12.5 Å². The zero-order chi connectivity index (χ0) is 9.52. The number of hydrogen-bond acceptors (Lipinski definition) is 2. The molecule has 1 N–H and O–H groups in total. The van der Waals surface area contributed by atoms with Gasteiger partial charge in [-0.3, -0.25) is 4.90 Å². The average molecular weight is 182 g/mol. The molecule has 0 unspecified atom stereocenters. The maximum Gasteiger partial charge on any atom is 0.0345 e. The molecular formula is C11H22N2. The molecule has 2 nitrogen and oxygen atoms in total. The molecule has 0 spiro atoms. The number of rotatable bonds is 7. The van der Waals surface area contributed by atoms with E-state index >= 15 is 0 Å². The van der Waals surface area contributed by atoms with Crippen LogP contribution in [0.2, 0.25) is 0 Å². The zero-order valence-electron chi connectivity index (χ0n) is 8.76. The van der Waals surface area contributed by atoms with E-state index in [1.54, 1.807) is 0 Å². The van der Waals surface area contributed by atoms with Crippen molar-refractivity contribution in [3.63, 3.8) is 0 Å². The minimum absolute atomic E-state index is 0.810. The standard InChI is InChI=1S/C11H22N2/c1-3-5-6-8-13(7-4-2)11-9-12-10-11/h3,11-12H,1,4-10H2,2H3. The first-order valence-electron chi connectivity index (χ1n) is 5.44. The van der Waals surface area contributed by atoms with Crippen molar-refractivity contribution in [1.29, 1.82) is 0 Å². The van der Waals surface area contributed by atoms with E-state index in [1.165, 1.54) is 39.0 Å². The predicted molar refractivity (Wildman–Crippen MR) is 58.0 cm³/mol. The largest absolute Gasteiger partial charge is 0.314 e. The fourth-order valence-electron chi connectivity index (χ4n) is 1.73. The van der Waals surface area contributed by atoms with Gasteiger partial charge < -0.3 is 5.32 Å². The molecule has 1 heterocycles. The Morgan fingerprint density at radius 1 is 1.46 bits per heavy atom. The van der Waals surface area contributed by atoms with Crippen molar-refractivity contribution in [2.45, 2.75) is 32.2 Å². The van der Waals surface area contributed by atoms with Crippen LogP contribution in [-0.4, -0.2) is 37.1 Å². The van der Waals surface area contributed by atoms with Crippen LogP contribution in [0, 0.1) is 0 Å². The molecule has 0 atom stereocenters. The highest BCUT2D eigenvalue weighted by atomic mass is 15.2. The minimum atomic E-state index is 0.810. The van der Waals surface area contributed by atoms with Crippen LogP contribution in [0.15, 0.2) is 12.7 Å². The van der Waals surface area contributed by atoms with E-state index in [4.69, 9.17) is 0 Å². The molecule has 0 amide bonds. The van der Waals surface area contributed by atoms with Crippen LogP contribution >= 0.6 is 0 Å². The van der Waals surface area contributed by atoms with Crippen LogP contribution in [-0.2, 0) is 0 Å². The van der Waals surface area contributed by atoms with Gasteiger partial charge in [0.25, 0.3) is 0 Å². The topological polar surface area (TPSA) is 15.3 Å². The fourth-order valence-corrected chi connectivity index (χ4v) is 1.73. The summed E-state index contributed by atoms with van der Waals surface area (Å²) in [5, 5.41) is 3.33. The molecule has 0 radical (unpaired) electrons. The Kier molecular flexibility index (Phi) is 5.09. The number of unbranched alkanes of at least 4 members (excludes halogenated alkanes) is 1.